The number of halogens is 2. The van der Waals surface area contributed by atoms with Gasteiger partial charge in [0.25, 0.3) is 5.91 Å². The Hall–Kier alpha value is -1.35. The van der Waals surface area contributed by atoms with Gasteiger partial charge in [0.05, 0.1) is 17.5 Å². The molecule has 0 aliphatic heterocycles. The summed E-state index contributed by atoms with van der Waals surface area (Å²) in [5.74, 6) is -1.20. The Morgan fingerprint density at radius 1 is 0.868 bits per heavy atom. The standard InChI is InChI=1S/C28H45Cl2NO6S/c1-3-4-5-6-7-8-9-10-11-12-13-14-15-16-25(33)37-26(24(21-32)31-28(34)27(29)30)22-17-19-23(20-18-22)38(2,35)36/h17-20,24,26-27,32H,3-16,21H2,1-2H3,(H,31,34). The molecular formula is C28H45Cl2NO6S. The van der Waals surface area contributed by atoms with E-state index >= 15 is 0 Å². The van der Waals surface area contributed by atoms with Crippen molar-refractivity contribution in [3.05, 3.63) is 29.8 Å². The highest BCUT2D eigenvalue weighted by Gasteiger charge is 2.29. The third-order valence-electron chi connectivity index (χ3n) is 6.47. The van der Waals surface area contributed by atoms with Crippen molar-refractivity contribution < 1.29 is 27.9 Å². The molecule has 0 aromatic heterocycles. The second-order valence-corrected chi connectivity index (χ2v) is 13.0. The normalized spacial score (nSPS) is 13.3. The summed E-state index contributed by atoms with van der Waals surface area (Å²) in [4.78, 5) is 23.4. The van der Waals surface area contributed by atoms with Crippen molar-refractivity contribution in [2.24, 2.45) is 0 Å². The molecule has 0 spiro atoms. The minimum absolute atomic E-state index is 0.101. The van der Waals surface area contributed by atoms with Crippen molar-refractivity contribution in [3.63, 3.8) is 0 Å². The first-order valence-electron chi connectivity index (χ1n) is 13.8. The predicted octanol–water partition coefficient (Wildman–Crippen LogP) is 6.44. The Balaban J connectivity index is 2.53. The molecule has 0 aliphatic carbocycles. The summed E-state index contributed by atoms with van der Waals surface area (Å²) in [7, 11) is -3.42. The van der Waals surface area contributed by atoms with Crippen LogP contribution in [0.1, 0.15) is 108 Å². The zero-order chi connectivity index (χ0) is 28.4. The van der Waals surface area contributed by atoms with Crippen LogP contribution in [0.3, 0.4) is 0 Å². The van der Waals surface area contributed by atoms with Crippen LogP contribution in [0, 0.1) is 0 Å². The summed E-state index contributed by atoms with van der Waals surface area (Å²) in [6, 6.07) is 4.75. The summed E-state index contributed by atoms with van der Waals surface area (Å²) >= 11 is 11.2. The van der Waals surface area contributed by atoms with Gasteiger partial charge in [0.1, 0.15) is 6.10 Å². The number of benzene rings is 1. The van der Waals surface area contributed by atoms with E-state index in [1.165, 1.54) is 82.1 Å². The Kier molecular flexibility index (Phi) is 17.9. The molecule has 1 amide bonds. The number of amides is 1. The molecule has 0 bridgehead atoms. The number of carbonyl (C=O) groups is 2. The van der Waals surface area contributed by atoms with Crippen LogP contribution >= 0.6 is 23.2 Å². The van der Waals surface area contributed by atoms with Crippen LogP contribution in [0.25, 0.3) is 0 Å². The molecule has 0 aliphatic rings. The maximum Gasteiger partial charge on any atom is 0.306 e. The van der Waals surface area contributed by atoms with E-state index in [2.05, 4.69) is 12.2 Å². The van der Waals surface area contributed by atoms with Gasteiger partial charge in [-0.05, 0) is 24.1 Å². The van der Waals surface area contributed by atoms with E-state index in [1.54, 1.807) is 0 Å². The average Bonchev–Trinajstić information content (AvgIpc) is 2.88. The number of hydrogen-bond acceptors (Lipinski definition) is 6. The molecule has 1 rings (SSSR count). The first-order valence-corrected chi connectivity index (χ1v) is 16.6. The van der Waals surface area contributed by atoms with Crippen molar-refractivity contribution in [1.82, 2.24) is 5.32 Å². The van der Waals surface area contributed by atoms with E-state index in [-0.39, 0.29) is 11.3 Å². The largest absolute Gasteiger partial charge is 0.455 e. The number of unbranched alkanes of at least 4 members (excludes halogenated alkanes) is 12. The molecule has 2 unspecified atom stereocenters. The van der Waals surface area contributed by atoms with E-state index in [4.69, 9.17) is 27.9 Å². The van der Waals surface area contributed by atoms with E-state index in [0.717, 1.165) is 25.5 Å². The van der Waals surface area contributed by atoms with Gasteiger partial charge in [-0.2, -0.15) is 0 Å². The highest BCUT2D eigenvalue weighted by atomic mass is 35.5. The SMILES string of the molecule is CCCCCCCCCCCCCCCC(=O)OC(c1ccc(S(C)(=O)=O)cc1)C(CO)NC(=O)C(Cl)Cl. The van der Waals surface area contributed by atoms with Crippen LogP contribution in [0.4, 0.5) is 0 Å². The number of hydrogen-bond donors (Lipinski definition) is 2. The zero-order valence-electron chi connectivity index (χ0n) is 22.8. The lowest BCUT2D eigenvalue weighted by Gasteiger charge is -2.27. The van der Waals surface area contributed by atoms with Crippen LogP contribution in [-0.4, -0.2) is 49.1 Å². The number of rotatable bonds is 21. The van der Waals surface area contributed by atoms with Crippen molar-refractivity contribution in [2.75, 3.05) is 12.9 Å². The second kappa shape index (κ2) is 19.7. The maximum atomic E-state index is 12.6. The quantitative estimate of drug-likeness (QED) is 0.0964. The molecule has 10 heteroatoms. The van der Waals surface area contributed by atoms with Gasteiger partial charge >= 0.3 is 5.97 Å². The highest BCUT2D eigenvalue weighted by molar-refractivity contribution is 7.90. The minimum Gasteiger partial charge on any atom is -0.455 e. The lowest BCUT2D eigenvalue weighted by Crippen LogP contribution is -2.45. The summed E-state index contributed by atoms with van der Waals surface area (Å²) in [6.45, 7) is 1.69. The third-order valence-corrected chi connectivity index (χ3v) is 7.99. The molecule has 0 heterocycles. The third kappa shape index (κ3) is 14.7. The molecule has 0 saturated heterocycles. The number of carbonyl (C=O) groups excluding carboxylic acids is 2. The number of nitrogens with one attached hydrogen (secondary N) is 1. The van der Waals surface area contributed by atoms with Crippen molar-refractivity contribution in [3.8, 4) is 0 Å². The zero-order valence-corrected chi connectivity index (χ0v) is 25.1. The van der Waals surface area contributed by atoms with E-state index in [9.17, 15) is 23.1 Å². The Morgan fingerprint density at radius 3 is 1.76 bits per heavy atom. The Morgan fingerprint density at radius 2 is 1.34 bits per heavy atom. The number of alkyl halides is 2. The van der Waals surface area contributed by atoms with E-state index < -0.39 is 45.3 Å². The van der Waals surface area contributed by atoms with Crippen LogP contribution in [0.2, 0.25) is 0 Å². The molecule has 2 atom stereocenters. The van der Waals surface area contributed by atoms with Gasteiger partial charge < -0.3 is 15.2 Å². The first-order chi connectivity index (χ1) is 18.1. The number of sulfone groups is 1. The smallest absolute Gasteiger partial charge is 0.306 e. The minimum atomic E-state index is -3.42. The fourth-order valence-electron chi connectivity index (χ4n) is 4.24. The summed E-state index contributed by atoms with van der Waals surface area (Å²) in [6.07, 6.45) is 15.8. The molecule has 38 heavy (non-hydrogen) atoms. The number of aliphatic hydroxyl groups excluding tert-OH is 1. The summed E-state index contributed by atoms with van der Waals surface area (Å²) in [5.41, 5.74) is 0.427. The molecule has 0 fully saturated rings. The summed E-state index contributed by atoms with van der Waals surface area (Å²) in [5, 5.41) is 12.4. The van der Waals surface area contributed by atoms with Crippen molar-refractivity contribution >= 4 is 44.9 Å². The number of aliphatic hydroxyl groups is 1. The fraction of sp³-hybridized carbons (Fsp3) is 0.714. The van der Waals surface area contributed by atoms with Gasteiger partial charge in [-0.25, -0.2) is 8.42 Å². The monoisotopic (exact) mass is 593 g/mol. The lowest BCUT2D eigenvalue weighted by atomic mass is 10.0. The number of esters is 1. The van der Waals surface area contributed by atoms with Crippen LogP contribution < -0.4 is 5.32 Å². The Labute approximate surface area is 238 Å². The molecule has 7 nitrogen and oxygen atoms in total. The van der Waals surface area contributed by atoms with Crippen molar-refractivity contribution in [1.29, 1.82) is 0 Å². The van der Waals surface area contributed by atoms with Gasteiger partial charge in [-0.3, -0.25) is 9.59 Å². The molecule has 1 aromatic rings. The van der Waals surface area contributed by atoms with Gasteiger partial charge in [0, 0.05) is 12.7 Å². The molecular weight excluding hydrogens is 549 g/mol. The van der Waals surface area contributed by atoms with Crippen LogP contribution in [0.15, 0.2) is 29.2 Å². The van der Waals surface area contributed by atoms with E-state index in [0.29, 0.717) is 12.0 Å². The topological polar surface area (TPSA) is 110 Å². The lowest BCUT2D eigenvalue weighted by molar-refractivity contribution is -0.152. The highest BCUT2D eigenvalue weighted by Crippen LogP contribution is 2.25. The molecule has 1 aromatic carbocycles. The predicted molar refractivity (Wildman–Crippen MR) is 153 cm³/mol. The molecule has 0 radical (unpaired) electrons. The Bertz CT molecular complexity index is 908. The van der Waals surface area contributed by atoms with Gasteiger partial charge in [-0.15, -0.1) is 0 Å². The van der Waals surface area contributed by atoms with Crippen molar-refractivity contribution in [2.45, 2.75) is 119 Å². The molecule has 0 saturated carbocycles. The maximum absolute atomic E-state index is 12.6. The average molecular weight is 595 g/mol. The van der Waals surface area contributed by atoms with Crippen LogP contribution in [-0.2, 0) is 24.2 Å². The van der Waals surface area contributed by atoms with Crippen LogP contribution in [0.5, 0.6) is 0 Å². The van der Waals surface area contributed by atoms with E-state index in [1.807, 2.05) is 0 Å². The molecule has 218 valence electrons. The fourth-order valence-corrected chi connectivity index (χ4v) is 4.99. The summed E-state index contributed by atoms with van der Waals surface area (Å²) < 4.78 is 29.2. The van der Waals surface area contributed by atoms with Gasteiger partial charge in [0.2, 0.25) is 0 Å². The molecule has 2 N–H and O–H groups in total. The first kappa shape index (κ1) is 34.7. The number of ether oxygens (including phenoxy) is 1. The second-order valence-electron chi connectivity index (χ2n) is 9.84. The van der Waals surface area contributed by atoms with Gasteiger partial charge in [-0.1, -0.05) is 119 Å². The van der Waals surface area contributed by atoms with Gasteiger partial charge in [0.15, 0.2) is 14.7 Å².